The molecule has 0 aliphatic carbocycles. The van der Waals surface area contributed by atoms with E-state index in [1.165, 1.54) is 12.3 Å². The number of hydrogen-bond donors (Lipinski definition) is 3. The van der Waals surface area contributed by atoms with E-state index < -0.39 is 17.7 Å². The summed E-state index contributed by atoms with van der Waals surface area (Å²) in [4.78, 5) is 27.1. The van der Waals surface area contributed by atoms with Gasteiger partial charge in [-0.15, -0.1) is 0 Å². The van der Waals surface area contributed by atoms with E-state index in [0.29, 0.717) is 29.2 Å². The number of ether oxygens (including phenoxy) is 1. The Morgan fingerprint density at radius 1 is 1.10 bits per heavy atom. The second-order valence-electron chi connectivity index (χ2n) is 9.00. The molecule has 2 aromatic carbocycles. The molecule has 1 heterocycles. The predicted octanol–water partition coefficient (Wildman–Crippen LogP) is 6.53. The van der Waals surface area contributed by atoms with Crippen LogP contribution in [0.2, 0.25) is 5.02 Å². The highest BCUT2D eigenvalue weighted by atomic mass is 35.5. The summed E-state index contributed by atoms with van der Waals surface area (Å²) in [6, 6.07) is 13.2. The van der Waals surface area contributed by atoms with Gasteiger partial charge in [-0.1, -0.05) is 37.9 Å². The first-order valence-electron chi connectivity index (χ1n) is 12.3. The molecule has 2 atom stereocenters. The minimum atomic E-state index is -4.48. The number of hydrogen-bond acceptors (Lipinski definition) is 5. The summed E-state index contributed by atoms with van der Waals surface area (Å²) in [6.07, 6.45) is -2.25. The number of carboxylic acid groups (broad SMARTS) is 1. The number of nitrogens with one attached hydrogen (secondary N) is 2. The third kappa shape index (κ3) is 8.61. The molecule has 3 rings (SSSR count). The summed E-state index contributed by atoms with van der Waals surface area (Å²) in [5, 5.41) is 14.6. The zero-order valence-electron chi connectivity index (χ0n) is 21.4. The normalized spacial score (nSPS) is 12.9. The molecular weight excluding hydrogens is 535 g/mol. The Kier molecular flexibility index (Phi) is 10.2. The molecule has 0 aliphatic heterocycles. The molecule has 11 heteroatoms. The highest BCUT2D eigenvalue weighted by Crippen LogP contribution is 2.35. The molecule has 0 saturated carbocycles. The van der Waals surface area contributed by atoms with Crippen LogP contribution >= 0.6 is 11.6 Å². The summed E-state index contributed by atoms with van der Waals surface area (Å²) >= 11 is 6.08. The fourth-order valence-corrected chi connectivity index (χ4v) is 3.94. The fraction of sp³-hybridized carbons (Fsp3) is 0.321. The Morgan fingerprint density at radius 3 is 2.38 bits per heavy atom. The molecule has 0 radical (unpaired) electrons. The predicted molar refractivity (Wildman–Crippen MR) is 143 cm³/mol. The lowest BCUT2D eigenvalue weighted by molar-refractivity contribution is -0.138. The Labute approximate surface area is 229 Å². The van der Waals surface area contributed by atoms with E-state index in [0.717, 1.165) is 24.2 Å². The van der Waals surface area contributed by atoms with Crippen molar-refractivity contribution in [3.05, 3.63) is 76.9 Å². The standard InChI is InChI=1S/C28H29ClF3N3O4/c1-3-17(2)25(35-20-7-4-18(5-8-20)27(38)33-13-12-26(36)37)16-39-21-9-11-24(34-15-21)22-10-6-19(14-23(22)29)28(30,31)32/h4-11,14-15,17,25,35H,3,12-13,16H2,1-2H3,(H,33,38)(H,36,37). The van der Waals surface area contributed by atoms with Gasteiger partial charge >= 0.3 is 12.1 Å². The molecule has 1 aromatic heterocycles. The molecule has 0 aliphatic rings. The number of carboxylic acids is 1. The number of aliphatic carboxylic acids is 1. The number of nitrogens with zero attached hydrogens (tertiary/aromatic N) is 1. The smallest absolute Gasteiger partial charge is 0.416 e. The van der Waals surface area contributed by atoms with Gasteiger partial charge in [0.25, 0.3) is 5.91 Å². The van der Waals surface area contributed by atoms with Gasteiger partial charge in [0.05, 0.1) is 34.9 Å². The number of carbonyl (C=O) groups is 2. The van der Waals surface area contributed by atoms with Crippen molar-refractivity contribution in [2.75, 3.05) is 18.5 Å². The van der Waals surface area contributed by atoms with E-state index in [-0.39, 0.29) is 35.9 Å². The quantitative estimate of drug-likeness (QED) is 0.232. The van der Waals surface area contributed by atoms with Crippen LogP contribution in [-0.4, -0.2) is 41.2 Å². The van der Waals surface area contributed by atoms with Gasteiger partial charge in [-0.3, -0.25) is 14.6 Å². The maximum absolute atomic E-state index is 12.9. The minimum Gasteiger partial charge on any atom is -0.490 e. The minimum absolute atomic E-state index is 0.0456. The van der Waals surface area contributed by atoms with Crippen molar-refractivity contribution in [2.24, 2.45) is 5.92 Å². The lowest BCUT2D eigenvalue weighted by Crippen LogP contribution is -2.33. The van der Waals surface area contributed by atoms with E-state index in [9.17, 15) is 22.8 Å². The van der Waals surface area contributed by atoms with Crippen molar-refractivity contribution in [1.82, 2.24) is 10.3 Å². The Balaban J connectivity index is 1.61. The number of pyridine rings is 1. The maximum Gasteiger partial charge on any atom is 0.416 e. The average Bonchev–Trinajstić information content (AvgIpc) is 2.90. The van der Waals surface area contributed by atoms with E-state index in [4.69, 9.17) is 21.4 Å². The molecule has 2 unspecified atom stereocenters. The summed E-state index contributed by atoms with van der Waals surface area (Å²) in [7, 11) is 0. The fourth-order valence-electron chi connectivity index (χ4n) is 3.66. The SMILES string of the molecule is CCC(C)C(COc1ccc(-c2ccc(C(F)(F)F)cc2Cl)nc1)Nc1ccc(C(=O)NCCC(=O)O)cc1. The van der Waals surface area contributed by atoms with E-state index in [2.05, 4.69) is 29.5 Å². The van der Waals surface area contributed by atoms with Crippen LogP contribution in [-0.2, 0) is 11.0 Å². The zero-order valence-corrected chi connectivity index (χ0v) is 22.1. The number of aromatic nitrogens is 1. The van der Waals surface area contributed by atoms with E-state index in [1.807, 2.05) is 0 Å². The van der Waals surface area contributed by atoms with E-state index in [1.54, 1.807) is 36.4 Å². The number of halogens is 4. The molecule has 7 nitrogen and oxygen atoms in total. The number of carbonyl (C=O) groups excluding carboxylic acids is 1. The van der Waals surface area contributed by atoms with E-state index >= 15 is 0 Å². The first-order chi connectivity index (χ1) is 18.5. The van der Waals surface area contributed by atoms with Crippen LogP contribution in [0.4, 0.5) is 18.9 Å². The first-order valence-corrected chi connectivity index (χ1v) is 12.7. The largest absolute Gasteiger partial charge is 0.490 e. The second kappa shape index (κ2) is 13.3. The molecule has 0 fully saturated rings. The third-order valence-corrected chi connectivity index (χ3v) is 6.51. The lowest BCUT2D eigenvalue weighted by Gasteiger charge is -2.25. The molecule has 208 valence electrons. The molecule has 3 aromatic rings. The molecule has 0 spiro atoms. The number of benzene rings is 2. The van der Waals surface area contributed by atoms with Crippen LogP contribution in [0.5, 0.6) is 5.75 Å². The van der Waals surface area contributed by atoms with Gasteiger partial charge in [0.1, 0.15) is 12.4 Å². The van der Waals surface area contributed by atoms with Gasteiger partial charge < -0.3 is 20.5 Å². The average molecular weight is 564 g/mol. The van der Waals surface area contributed by atoms with Crippen LogP contribution < -0.4 is 15.4 Å². The molecular formula is C28H29ClF3N3O4. The Bertz CT molecular complexity index is 1270. The van der Waals surface area contributed by atoms with Gasteiger partial charge in [-0.05, 0) is 54.4 Å². The second-order valence-corrected chi connectivity index (χ2v) is 9.40. The van der Waals surface area contributed by atoms with Crippen molar-refractivity contribution in [1.29, 1.82) is 0 Å². The topological polar surface area (TPSA) is 101 Å². The van der Waals surface area contributed by atoms with Crippen molar-refractivity contribution >= 4 is 29.2 Å². The third-order valence-electron chi connectivity index (χ3n) is 6.19. The molecule has 39 heavy (non-hydrogen) atoms. The highest BCUT2D eigenvalue weighted by Gasteiger charge is 2.31. The maximum atomic E-state index is 12.9. The van der Waals surface area contributed by atoms with Crippen LogP contribution in [0, 0.1) is 5.92 Å². The Hall–Kier alpha value is -3.79. The monoisotopic (exact) mass is 563 g/mol. The van der Waals surface area contributed by atoms with Crippen LogP contribution in [0.1, 0.15) is 42.6 Å². The molecule has 3 N–H and O–H groups in total. The number of amides is 1. The molecule has 1 amide bonds. The highest BCUT2D eigenvalue weighted by molar-refractivity contribution is 6.33. The van der Waals surface area contributed by atoms with Crippen molar-refractivity contribution in [3.8, 4) is 17.0 Å². The van der Waals surface area contributed by atoms with Crippen molar-refractivity contribution < 1.29 is 32.6 Å². The Morgan fingerprint density at radius 2 is 1.82 bits per heavy atom. The van der Waals surface area contributed by atoms with Crippen LogP contribution in [0.15, 0.2) is 60.8 Å². The van der Waals surface area contributed by atoms with Crippen molar-refractivity contribution in [2.45, 2.75) is 38.9 Å². The van der Waals surface area contributed by atoms with Gasteiger partial charge in [-0.25, -0.2) is 0 Å². The molecule has 0 saturated heterocycles. The molecule has 0 bridgehead atoms. The van der Waals surface area contributed by atoms with Gasteiger partial charge in [0.15, 0.2) is 0 Å². The number of alkyl halides is 3. The lowest BCUT2D eigenvalue weighted by atomic mass is 9.99. The first kappa shape index (κ1) is 29.8. The van der Waals surface area contributed by atoms with Gasteiger partial charge in [0, 0.05) is 23.4 Å². The van der Waals surface area contributed by atoms with Gasteiger partial charge in [0.2, 0.25) is 0 Å². The zero-order chi connectivity index (χ0) is 28.6. The summed E-state index contributed by atoms with van der Waals surface area (Å²) < 4.78 is 44.7. The summed E-state index contributed by atoms with van der Waals surface area (Å²) in [5.41, 5.74) is 1.19. The van der Waals surface area contributed by atoms with Gasteiger partial charge in [-0.2, -0.15) is 13.2 Å². The van der Waals surface area contributed by atoms with Crippen LogP contribution in [0.25, 0.3) is 11.3 Å². The van der Waals surface area contributed by atoms with Crippen LogP contribution in [0.3, 0.4) is 0 Å². The van der Waals surface area contributed by atoms with Crippen molar-refractivity contribution in [3.63, 3.8) is 0 Å². The summed E-state index contributed by atoms with van der Waals surface area (Å²) in [5.74, 6) is -0.603. The number of rotatable bonds is 12. The summed E-state index contributed by atoms with van der Waals surface area (Å²) in [6.45, 7) is 4.51. The number of anilines is 1.